The molecule has 3 aromatic carbocycles. The number of sulfonamides is 1. The number of hydrogen-bond donors (Lipinski definition) is 1. The summed E-state index contributed by atoms with van der Waals surface area (Å²) in [5, 5.41) is 3.02. The molecule has 0 aliphatic rings. The zero-order valence-electron chi connectivity index (χ0n) is 24.5. The summed E-state index contributed by atoms with van der Waals surface area (Å²) in [6.07, 6.45) is 3.63. The summed E-state index contributed by atoms with van der Waals surface area (Å²) in [5.74, 6) is 0.117. The first-order valence-corrected chi connectivity index (χ1v) is 16.7. The Bertz CT molecular complexity index is 1400. The van der Waals surface area contributed by atoms with Gasteiger partial charge in [-0.2, -0.15) is 0 Å². The lowest BCUT2D eigenvalue weighted by Crippen LogP contribution is -2.50. The van der Waals surface area contributed by atoms with E-state index >= 15 is 0 Å². The van der Waals surface area contributed by atoms with Crippen LogP contribution in [-0.2, 0) is 32.6 Å². The van der Waals surface area contributed by atoms with Crippen LogP contribution in [0.5, 0.6) is 5.75 Å². The van der Waals surface area contributed by atoms with Crippen molar-refractivity contribution in [2.24, 2.45) is 0 Å². The number of rotatable bonds is 16. The highest BCUT2D eigenvalue weighted by Gasteiger charge is 2.30. The van der Waals surface area contributed by atoms with E-state index in [9.17, 15) is 18.0 Å². The van der Waals surface area contributed by atoms with E-state index in [2.05, 4.69) is 28.2 Å². The van der Waals surface area contributed by atoms with E-state index in [0.717, 1.165) is 34.7 Å². The molecule has 0 unspecified atom stereocenters. The molecule has 3 rings (SSSR count). The molecular weight excluding hydrogens is 618 g/mol. The van der Waals surface area contributed by atoms with Crippen molar-refractivity contribution in [3.05, 3.63) is 94.5 Å². The summed E-state index contributed by atoms with van der Waals surface area (Å²) in [4.78, 5) is 29.1. The lowest BCUT2D eigenvalue weighted by atomic mass is 10.0. The van der Waals surface area contributed by atoms with Crippen LogP contribution in [0.3, 0.4) is 0 Å². The van der Waals surface area contributed by atoms with E-state index in [1.54, 1.807) is 29.2 Å². The first-order valence-electron chi connectivity index (χ1n) is 14.1. The number of benzene rings is 3. The van der Waals surface area contributed by atoms with Crippen LogP contribution < -0.4 is 14.4 Å². The van der Waals surface area contributed by atoms with Crippen molar-refractivity contribution < 1.29 is 22.7 Å². The molecule has 226 valence electrons. The molecule has 2 amide bonds. The Balaban J connectivity index is 1.86. The summed E-state index contributed by atoms with van der Waals surface area (Å²) in [6, 6.07) is 23.4. The van der Waals surface area contributed by atoms with Gasteiger partial charge in [0.15, 0.2) is 0 Å². The molecule has 42 heavy (non-hydrogen) atoms. The molecular formula is C32H40BrN3O5S. The zero-order chi connectivity index (χ0) is 30.5. The van der Waals surface area contributed by atoms with Crippen molar-refractivity contribution in [1.29, 1.82) is 0 Å². The van der Waals surface area contributed by atoms with Crippen LogP contribution in [0.4, 0.5) is 5.69 Å². The number of nitrogens with one attached hydrogen (secondary N) is 1. The van der Waals surface area contributed by atoms with Crippen LogP contribution >= 0.6 is 15.9 Å². The summed E-state index contributed by atoms with van der Waals surface area (Å²) in [7, 11) is -2.09. The Labute approximate surface area is 258 Å². The summed E-state index contributed by atoms with van der Waals surface area (Å²) >= 11 is 3.46. The maximum atomic E-state index is 13.9. The summed E-state index contributed by atoms with van der Waals surface area (Å²) in [6.45, 7) is 2.94. The average molecular weight is 659 g/mol. The first kappa shape index (κ1) is 33.1. The Morgan fingerprint density at radius 2 is 1.67 bits per heavy atom. The van der Waals surface area contributed by atoms with Gasteiger partial charge in [0.25, 0.3) is 0 Å². The van der Waals surface area contributed by atoms with Crippen molar-refractivity contribution >= 4 is 43.5 Å². The van der Waals surface area contributed by atoms with Crippen molar-refractivity contribution in [3.8, 4) is 5.75 Å². The number of anilines is 1. The molecule has 0 aliphatic carbocycles. The van der Waals surface area contributed by atoms with E-state index in [1.807, 2.05) is 54.6 Å². The monoisotopic (exact) mass is 657 g/mol. The third kappa shape index (κ3) is 10.2. The van der Waals surface area contributed by atoms with Gasteiger partial charge in [0.2, 0.25) is 21.8 Å². The Morgan fingerprint density at radius 1 is 0.952 bits per heavy atom. The molecule has 0 saturated heterocycles. The van der Waals surface area contributed by atoms with Gasteiger partial charge in [0.1, 0.15) is 11.8 Å². The SMILES string of the molecule is CCCCNC(=O)[C@H](Cc1ccccc1)N(Cc1ccc(Br)cc1)C(=O)CCCN(c1cccc(OC)c1)S(C)(=O)=O. The minimum atomic E-state index is -3.61. The lowest BCUT2D eigenvalue weighted by molar-refractivity contribution is -0.141. The second kappa shape index (κ2) is 16.3. The van der Waals surface area contributed by atoms with Crippen molar-refractivity contribution in [1.82, 2.24) is 10.2 Å². The van der Waals surface area contributed by atoms with Gasteiger partial charge in [0, 0.05) is 43.0 Å². The molecule has 0 aliphatic heterocycles. The number of methoxy groups -OCH3 is 1. The molecule has 0 spiro atoms. The highest BCUT2D eigenvalue weighted by molar-refractivity contribution is 9.10. The zero-order valence-corrected chi connectivity index (χ0v) is 26.9. The predicted octanol–water partition coefficient (Wildman–Crippen LogP) is 5.56. The smallest absolute Gasteiger partial charge is 0.243 e. The largest absolute Gasteiger partial charge is 0.497 e. The van der Waals surface area contributed by atoms with Crippen molar-refractivity contribution in [2.45, 2.75) is 51.6 Å². The second-order valence-corrected chi connectivity index (χ2v) is 13.0. The number of unbranched alkanes of at least 4 members (excludes halogenated alkanes) is 1. The standard InChI is InChI=1S/C32H40BrN3O5S/c1-4-5-20-34-32(38)30(22-25-11-7-6-8-12-25)35(24-26-16-18-27(33)19-17-26)31(37)15-10-21-36(42(3,39)40)28-13-9-14-29(23-28)41-2/h6-9,11-14,16-19,23,30H,4-5,10,15,20-22,24H2,1-3H3,(H,34,38)/t30-/m0/s1. The Hall–Kier alpha value is -3.37. The van der Waals surface area contributed by atoms with E-state index in [-0.39, 0.29) is 37.7 Å². The van der Waals surface area contributed by atoms with Crippen LogP contribution in [-0.4, -0.2) is 57.6 Å². The maximum absolute atomic E-state index is 13.9. The third-order valence-electron chi connectivity index (χ3n) is 6.86. The van der Waals surface area contributed by atoms with Gasteiger partial charge in [0.05, 0.1) is 19.1 Å². The highest BCUT2D eigenvalue weighted by atomic mass is 79.9. The highest BCUT2D eigenvalue weighted by Crippen LogP contribution is 2.24. The van der Waals surface area contributed by atoms with E-state index in [4.69, 9.17) is 4.74 Å². The molecule has 0 aromatic heterocycles. The predicted molar refractivity (Wildman–Crippen MR) is 171 cm³/mol. The normalized spacial score (nSPS) is 11.9. The van der Waals surface area contributed by atoms with Crippen LogP contribution in [0, 0.1) is 0 Å². The fourth-order valence-corrected chi connectivity index (χ4v) is 5.84. The topological polar surface area (TPSA) is 96.0 Å². The minimum Gasteiger partial charge on any atom is -0.497 e. The lowest BCUT2D eigenvalue weighted by Gasteiger charge is -2.32. The van der Waals surface area contributed by atoms with Gasteiger partial charge in [-0.05, 0) is 48.2 Å². The number of nitrogens with zero attached hydrogens (tertiary/aromatic N) is 2. The van der Waals surface area contributed by atoms with Gasteiger partial charge in [-0.3, -0.25) is 13.9 Å². The molecule has 8 nitrogen and oxygen atoms in total. The maximum Gasteiger partial charge on any atom is 0.243 e. The first-order chi connectivity index (χ1) is 20.1. The molecule has 0 radical (unpaired) electrons. The van der Waals surface area contributed by atoms with Gasteiger partial charge >= 0.3 is 0 Å². The average Bonchev–Trinajstić information content (AvgIpc) is 2.98. The quantitative estimate of drug-likeness (QED) is 0.204. The molecule has 1 N–H and O–H groups in total. The fourth-order valence-electron chi connectivity index (χ4n) is 4.62. The molecule has 0 heterocycles. The van der Waals surface area contributed by atoms with E-state index < -0.39 is 16.1 Å². The number of carbonyl (C=O) groups is 2. The van der Waals surface area contributed by atoms with E-state index in [0.29, 0.717) is 24.4 Å². The number of amides is 2. The molecule has 1 atom stereocenters. The second-order valence-electron chi connectivity index (χ2n) is 10.1. The number of hydrogen-bond acceptors (Lipinski definition) is 5. The minimum absolute atomic E-state index is 0.0695. The molecule has 0 saturated carbocycles. The van der Waals surface area contributed by atoms with E-state index in [1.165, 1.54) is 11.4 Å². The number of ether oxygens (including phenoxy) is 1. The van der Waals surface area contributed by atoms with Crippen molar-refractivity contribution in [3.63, 3.8) is 0 Å². The summed E-state index contributed by atoms with van der Waals surface area (Å²) in [5.41, 5.74) is 2.30. The van der Waals surface area contributed by atoms with Gasteiger partial charge in [-0.15, -0.1) is 0 Å². The number of carbonyl (C=O) groups excluding carboxylic acids is 2. The van der Waals surface area contributed by atoms with Crippen molar-refractivity contribution in [2.75, 3.05) is 30.8 Å². The third-order valence-corrected chi connectivity index (χ3v) is 8.58. The van der Waals surface area contributed by atoms with Crippen LogP contribution in [0.1, 0.15) is 43.7 Å². The van der Waals surface area contributed by atoms with Gasteiger partial charge < -0.3 is 15.0 Å². The molecule has 3 aromatic rings. The molecule has 0 fully saturated rings. The summed E-state index contributed by atoms with van der Waals surface area (Å²) < 4.78 is 32.8. The Morgan fingerprint density at radius 3 is 2.31 bits per heavy atom. The van der Waals surface area contributed by atoms with Gasteiger partial charge in [-0.25, -0.2) is 8.42 Å². The Kier molecular flexibility index (Phi) is 12.9. The molecule has 0 bridgehead atoms. The van der Waals surface area contributed by atoms with Crippen LogP contribution in [0.25, 0.3) is 0 Å². The van der Waals surface area contributed by atoms with Crippen LogP contribution in [0.2, 0.25) is 0 Å². The van der Waals surface area contributed by atoms with Crippen LogP contribution in [0.15, 0.2) is 83.3 Å². The fraction of sp³-hybridized carbons (Fsp3) is 0.375. The molecule has 10 heteroatoms. The van der Waals surface area contributed by atoms with Gasteiger partial charge in [-0.1, -0.05) is 77.8 Å². The number of halogens is 1.